The van der Waals surface area contributed by atoms with Crippen LogP contribution in [0.4, 0.5) is 10.5 Å². The molecule has 0 spiro atoms. The first-order valence-electron chi connectivity index (χ1n) is 7.07. The summed E-state index contributed by atoms with van der Waals surface area (Å²) in [4.78, 5) is 21.5. The molecule has 0 radical (unpaired) electrons. The first-order valence-corrected chi connectivity index (χ1v) is 7.07. The molecule has 1 unspecified atom stereocenters. The molecule has 0 amide bonds. The van der Waals surface area contributed by atoms with Crippen LogP contribution in [-0.2, 0) is 14.2 Å². The van der Waals surface area contributed by atoms with Gasteiger partial charge in [0.15, 0.2) is 0 Å². The Morgan fingerprint density at radius 2 is 1.79 bits per heavy atom. The predicted octanol–water partition coefficient (Wildman–Crippen LogP) is 0.497. The molecular formula is C14H19NO9. The average molecular weight is 345 g/mol. The minimum Gasteiger partial charge on any atom is -0.431 e. The minimum atomic E-state index is -1.01. The van der Waals surface area contributed by atoms with Gasteiger partial charge in [0.25, 0.3) is 5.69 Å². The number of hydrogen-bond acceptors (Lipinski definition) is 9. The van der Waals surface area contributed by atoms with Gasteiger partial charge in [-0.2, -0.15) is 0 Å². The van der Waals surface area contributed by atoms with Crippen molar-refractivity contribution in [2.24, 2.45) is 0 Å². The summed E-state index contributed by atoms with van der Waals surface area (Å²) >= 11 is 0. The molecule has 2 N–H and O–H groups in total. The number of ether oxygens (including phenoxy) is 4. The molecule has 0 fully saturated rings. The molecule has 0 saturated heterocycles. The lowest BCUT2D eigenvalue weighted by Crippen LogP contribution is -2.29. The van der Waals surface area contributed by atoms with E-state index in [2.05, 4.69) is 0 Å². The van der Waals surface area contributed by atoms with Gasteiger partial charge in [0.2, 0.25) is 0 Å². The number of carbonyl (C=O) groups is 1. The van der Waals surface area contributed by atoms with Gasteiger partial charge in [-0.1, -0.05) is 0 Å². The van der Waals surface area contributed by atoms with Crippen LogP contribution in [-0.4, -0.2) is 67.0 Å². The second kappa shape index (κ2) is 11.3. The van der Waals surface area contributed by atoms with E-state index < -0.39 is 17.2 Å². The molecule has 0 aliphatic heterocycles. The zero-order valence-electron chi connectivity index (χ0n) is 12.8. The fraction of sp³-hybridized carbons (Fsp3) is 0.500. The van der Waals surface area contributed by atoms with Crippen molar-refractivity contribution in [3.8, 4) is 5.75 Å². The van der Waals surface area contributed by atoms with Gasteiger partial charge in [0.05, 0.1) is 38.0 Å². The molecule has 10 heteroatoms. The highest BCUT2D eigenvalue weighted by Gasteiger charge is 2.15. The molecule has 1 rings (SSSR count). The number of nitro benzene ring substituents is 1. The van der Waals surface area contributed by atoms with Crippen LogP contribution in [0.5, 0.6) is 5.75 Å². The average Bonchev–Trinajstić information content (AvgIpc) is 2.57. The number of hydrogen-bond donors (Lipinski definition) is 2. The van der Waals surface area contributed by atoms with Crippen molar-refractivity contribution in [2.75, 3.05) is 39.6 Å². The van der Waals surface area contributed by atoms with E-state index in [4.69, 9.17) is 29.2 Å². The summed E-state index contributed by atoms with van der Waals surface area (Å²) in [6.45, 7) is -0.345. The van der Waals surface area contributed by atoms with Gasteiger partial charge in [0.1, 0.15) is 18.5 Å². The number of nitrogens with zero attached hydrogens (tertiary/aromatic N) is 1. The molecule has 134 valence electrons. The molecule has 0 aliphatic carbocycles. The standard InChI is InChI=1S/C14H19NO9/c16-5-7-21-9-13(22-8-6-17)10-23-14(18)24-12-3-1-11(2-4-12)15(19)20/h1-4,13,16-17H,5-10H2. The van der Waals surface area contributed by atoms with Crippen LogP contribution in [0.2, 0.25) is 0 Å². The van der Waals surface area contributed by atoms with Crippen molar-refractivity contribution in [3.63, 3.8) is 0 Å². The summed E-state index contributed by atoms with van der Waals surface area (Å²) in [7, 11) is 0. The van der Waals surface area contributed by atoms with Crippen molar-refractivity contribution < 1.29 is 38.9 Å². The van der Waals surface area contributed by atoms with Crippen LogP contribution in [0.25, 0.3) is 0 Å². The Hall–Kier alpha value is -2.27. The second-order valence-corrected chi connectivity index (χ2v) is 4.43. The van der Waals surface area contributed by atoms with Crippen LogP contribution in [0, 0.1) is 10.1 Å². The molecule has 0 aromatic heterocycles. The van der Waals surface area contributed by atoms with E-state index in [0.717, 1.165) is 0 Å². The topological polar surface area (TPSA) is 138 Å². The highest BCUT2D eigenvalue weighted by molar-refractivity contribution is 5.64. The van der Waals surface area contributed by atoms with Crippen molar-refractivity contribution in [1.82, 2.24) is 0 Å². The molecule has 10 nitrogen and oxygen atoms in total. The van der Waals surface area contributed by atoms with Gasteiger partial charge in [0, 0.05) is 12.1 Å². The molecule has 24 heavy (non-hydrogen) atoms. The summed E-state index contributed by atoms with van der Waals surface area (Å²) in [5.74, 6) is 0.0926. The zero-order chi connectivity index (χ0) is 17.8. The van der Waals surface area contributed by atoms with Crippen molar-refractivity contribution in [3.05, 3.63) is 34.4 Å². The van der Waals surface area contributed by atoms with Crippen LogP contribution >= 0.6 is 0 Å². The monoisotopic (exact) mass is 345 g/mol. The summed E-state index contributed by atoms with van der Waals surface area (Å²) in [6.07, 6.45) is -1.64. The van der Waals surface area contributed by atoms with Gasteiger partial charge in [-0.15, -0.1) is 0 Å². The first-order chi connectivity index (χ1) is 11.6. The Morgan fingerprint density at radius 3 is 2.38 bits per heavy atom. The molecule has 1 aromatic rings. The fourth-order valence-electron chi connectivity index (χ4n) is 1.57. The highest BCUT2D eigenvalue weighted by Crippen LogP contribution is 2.17. The highest BCUT2D eigenvalue weighted by atomic mass is 16.7. The number of aliphatic hydroxyl groups excluding tert-OH is 2. The zero-order valence-corrected chi connectivity index (χ0v) is 12.8. The van der Waals surface area contributed by atoms with E-state index >= 15 is 0 Å². The lowest BCUT2D eigenvalue weighted by Gasteiger charge is -2.17. The van der Waals surface area contributed by atoms with Gasteiger partial charge in [-0.25, -0.2) is 4.79 Å². The van der Waals surface area contributed by atoms with Crippen molar-refractivity contribution in [1.29, 1.82) is 0 Å². The lowest BCUT2D eigenvalue weighted by atomic mass is 10.3. The SMILES string of the molecule is O=C(OCC(COCCO)OCCO)Oc1ccc([N+](=O)[O-])cc1. The van der Waals surface area contributed by atoms with E-state index in [-0.39, 0.29) is 51.1 Å². The van der Waals surface area contributed by atoms with E-state index in [9.17, 15) is 14.9 Å². The second-order valence-electron chi connectivity index (χ2n) is 4.43. The molecular weight excluding hydrogens is 326 g/mol. The number of non-ortho nitro benzene ring substituents is 1. The van der Waals surface area contributed by atoms with Gasteiger partial charge in [-0.05, 0) is 12.1 Å². The van der Waals surface area contributed by atoms with Crippen LogP contribution in [0.3, 0.4) is 0 Å². The molecule has 1 aromatic carbocycles. The number of carbonyl (C=O) groups excluding carboxylic acids is 1. The number of aliphatic hydroxyl groups is 2. The van der Waals surface area contributed by atoms with Crippen molar-refractivity contribution >= 4 is 11.8 Å². The third kappa shape index (κ3) is 7.83. The minimum absolute atomic E-state index is 0.0356. The Kier molecular flexibility index (Phi) is 9.31. The normalized spacial score (nSPS) is 11.8. The van der Waals surface area contributed by atoms with Gasteiger partial charge in [-0.3, -0.25) is 10.1 Å². The fourth-order valence-corrected chi connectivity index (χ4v) is 1.57. The lowest BCUT2D eigenvalue weighted by molar-refractivity contribution is -0.384. The Bertz CT molecular complexity index is 505. The van der Waals surface area contributed by atoms with E-state index in [1.807, 2.05) is 0 Å². The van der Waals surface area contributed by atoms with Crippen LogP contribution < -0.4 is 4.74 Å². The summed E-state index contributed by atoms with van der Waals surface area (Å²) in [5.41, 5.74) is -0.130. The molecule has 0 heterocycles. The van der Waals surface area contributed by atoms with E-state index in [0.29, 0.717) is 0 Å². The maximum Gasteiger partial charge on any atom is 0.513 e. The molecule has 0 bridgehead atoms. The quantitative estimate of drug-likeness (QED) is 0.193. The Morgan fingerprint density at radius 1 is 1.12 bits per heavy atom. The third-order valence-electron chi connectivity index (χ3n) is 2.62. The smallest absolute Gasteiger partial charge is 0.431 e. The molecule has 0 saturated carbocycles. The summed E-state index contributed by atoms with van der Waals surface area (Å²) in [5, 5.41) is 27.9. The van der Waals surface area contributed by atoms with Crippen LogP contribution in [0.15, 0.2) is 24.3 Å². The number of nitro groups is 1. The maximum atomic E-state index is 11.6. The molecule has 1 atom stereocenters. The third-order valence-corrected chi connectivity index (χ3v) is 2.62. The summed E-state index contributed by atoms with van der Waals surface area (Å²) < 4.78 is 20.0. The summed E-state index contributed by atoms with van der Waals surface area (Å²) in [6, 6.07) is 4.92. The first kappa shape index (κ1) is 19.8. The Labute approximate surface area is 137 Å². The Balaban J connectivity index is 2.41. The van der Waals surface area contributed by atoms with Gasteiger partial charge < -0.3 is 29.2 Å². The van der Waals surface area contributed by atoms with Crippen molar-refractivity contribution in [2.45, 2.75) is 6.10 Å². The van der Waals surface area contributed by atoms with Gasteiger partial charge >= 0.3 is 6.16 Å². The predicted molar refractivity (Wildman–Crippen MR) is 79.8 cm³/mol. The molecule has 0 aliphatic rings. The number of benzene rings is 1. The van der Waals surface area contributed by atoms with E-state index in [1.165, 1.54) is 24.3 Å². The largest absolute Gasteiger partial charge is 0.513 e. The van der Waals surface area contributed by atoms with Crippen LogP contribution in [0.1, 0.15) is 0 Å². The number of rotatable bonds is 11. The maximum absolute atomic E-state index is 11.6. The van der Waals surface area contributed by atoms with E-state index in [1.54, 1.807) is 0 Å².